The van der Waals surface area contributed by atoms with Gasteiger partial charge in [-0.25, -0.2) is 0 Å². The van der Waals surface area contributed by atoms with Crippen molar-refractivity contribution in [2.45, 2.75) is 32.2 Å². The minimum atomic E-state index is -0.0475. The summed E-state index contributed by atoms with van der Waals surface area (Å²) in [7, 11) is 3.74. The van der Waals surface area contributed by atoms with E-state index in [1.165, 1.54) is 0 Å². The summed E-state index contributed by atoms with van der Waals surface area (Å²) >= 11 is 0. The molecule has 0 aromatic carbocycles. The molecule has 1 fully saturated rings. The first-order valence-corrected chi connectivity index (χ1v) is 6.18. The Morgan fingerprint density at radius 3 is 3.00 bits per heavy atom. The number of piperidine rings is 1. The fourth-order valence-corrected chi connectivity index (χ4v) is 2.38. The van der Waals surface area contributed by atoms with E-state index in [4.69, 9.17) is 0 Å². The first-order valence-electron chi connectivity index (χ1n) is 6.18. The number of rotatable bonds is 3. The van der Waals surface area contributed by atoms with E-state index in [0.29, 0.717) is 0 Å². The molecule has 1 N–H and O–H groups in total. The maximum atomic E-state index is 12.3. The fraction of sp³-hybridized carbons (Fsp3) is 0.667. The number of likely N-dealkylation sites (N-methyl/N-ethyl adjacent to an activating group) is 1. The fourth-order valence-electron chi connectivity index (χ4n) is 2.38. The molecular formula is C12H20N4O. The standard InChI is InChI=1S/C12H20N4O/c1-4-9-11(8-15(3)14-9)16-7-5-6-10(13-2)12(16)17/h8,10,13H,4-7H2,1-3H3. The molecule has 94 valence electrons. The molecule has 2 rings (SSSR count). The van der Waals surface area contributed by atoms with E-state index in [1.807, 2.05) is 25.2 Å². The summed E-state index contributed by atoms with van der Waals surface area (Å²) in [4.78, 5) is 14.1. The third-order valence-corrected chi connectivity index (χ3v) is 3.30. The van der Waals surface area contributed by atoms with Crippen molar-refractivity contribution in [3.8, 4) is 0 Å². The Morgan fingerprint density at radius 1 is 1.59 bits per heavy atom. The Morgan fingerprint density at radius 2 is 2.35 bits per heavy atom. The van der Waals surface area contributed by atoms with Crippen molar-refractivity contribution >= 4 is 11.6 Å². The molecular weight excluding hydrogens is 216 g/mol. The van der Waals surface area contributed by atoms with Gasteiger partial charge < -0.3 is 10.2 Å². The molecule has 1 aromatic rings. The Hall–Kier alpha value is -1.36. The lowest BCUT2D eigenvalue weighted by Gasteiger charge is -2.31. The van der Waals surface area contributed by atoms with E-state index in [0.717, 1.165) is 37.2 Å². The number of aromatic nitrogens is 2. The Kier molecular flexibility index (Phi) is 3.47. The van der Waals surface area contributed by atoms with Gasteiger partial charge in [0.2, 0.25) is 5.91 Å². The summed E-state index contributed by atoms with van der Waals surface area (Å²) in [5, 5.41) is 7.47. The SMILES string of the molecule is CCc1nn(C)cc1N1CCCC(NC)C1=O. The molecule has 0 radical (unpaired) electrons. The van der Waals surface area contributed by atoms with E-state index < -0.39 is 0 Å². The zero-order valence-electron chi connectivity index (χ0n) is 10.7. The molecule has 1 saturated heterocycles. The van der Waals surface area contributed by atoms with Crippen LogP contribution >= 0.6 is 0 Å². The lowest BCUT2D eigenvalue weighted by Crippen LogP contribution is -2.50. The van der Waals surface area contributed by atoms with Gasteiger partial charge in [-0.05, 0) is 26.3 Å². The maximum absolute atomic E-state index is 12.3. The third kappa shape index (κ3) is 2.20. The highest BCUT2D eigenvalue weighted by Gasteiger charge is 2.30. The van der Waals surface area contributed by atoms with Gasteiger partial charge in [-0.3, -0.25) is 9.48 Å². The van der Waals surface area contributed by atoms with Crippen LogP contribution in [0.4, 0.5) is 5.69 Å². The van der Waals surface area contributed by atoms with Crippen molar-refractivity contribution < 1.29 is 4.79 Å². The number of nitrogens with zero attached hydrogens (tertiary/aromatic N) is 3. The largest absolute Gasteiger partial charge is 0.309 e. The summed E-state index contributed by atoms with van der Waals surface area (Å²) in [6.45, 7) is 2.87. The van der Waals surface area contributed by atoms with Crippen molar-refractivity contribution in [1.82, 2.24) is 15.1 Å². The lowest BCUT2D eigenvalue weighted by molar-refractivity contribution is -0.121. The van der Waals surface area contributed by atoms with Gasteiger partial charge in [-0.1, -0.05) is 6.92 Å². The predicted octanol–water partition coefficient (Wildman–Crippen LogP) is 0.697. The van der Waals surface area contributed by atoms with Crippen LogP contribution in [0.3, 0.4) is 0 Å². The van der Waals surface area contributed by atoms with Crippen molar-refractivity contribution in [3.05, 3.63) is 11.9 Å². The molecule has 5 heteroatoms. The van der Waals surface area contributed by atoms with Gasteiger partial charge >= 0.3 is 0 Å². The van der Waals surface area contributed by atoms with Crippen LogP contribution in [0.1, 0.15) is 25.5 Å². The van der Waals surface area contributed by atoms with E-state index in [2.05, 4.69) is 17.3 Å². The van der Waals surface area contributed by atoms with Gasteiger partial charge in [0, 0.05) is 19.8 Å². The zero-order chi connectivity index (χ0) is 12.4. The first kappa shape index (κ1) is 12.1. The average Bonchev–Trinajstić information content (AvgIpc) is 2.70. The molecule has 0 spiro atoms. The molecule has 0 saturated carbocycles. The molecule has 17 heavy (non-hydrogen) atoms. The number of hydrogen-bond acceptors (Lipinski definition) is 3. The molecule has 1 amide bonds. The van der Waals surface area contributed by atoms with Crippen LogP contribution in [0.25, 0.3) is 0 Å². The summed E-state index contributed by atoms with van der Waals surface area (Å²) in [6.07, 6.45) is 4.75. The maximum Gasteiger partial charge on any atom is 0.244 e. The second-order valence-electron chi connectivity index (χ2n) is 4.46. The van der Waals surface area contributed by atoms with Gasteiger partial charge in [0.25, 0.3) is 0 Å². The highest BCUT2D eigenvalue weighted by molar-refractivity contribution is 5.98. The van der Waals surface area contributed by atoms with E-state index in [9.17, 15) is 4.79 Å². The third-order valence-electron chi connectivity index (χ3n) is 3.30. The van der Waals surface area contributed by atoms with Crippen LogP contribution in [0.2, 0.25) is 0 Å². The van der Waals surface area contributed by atoms with Gasteiger partial charge in [-0.2, -0.15) is 5.10 Å². The minimum absolute atomic E-state index is 0.0475. The normalized spacial score (nSPS) is 21.0. The summed E-state index contributed by atoms with van der Waals surface area (Å²) in [5.41, 5.74) is 1.97. The van der Waals surface area contributed by atoms with Gasteiger partial charge in [0.1, 0.15) is 0 Å². The van der Waals surface area contributed by atoms with Crippen LogP contribution in [0, 0.1) is 0 Å². The first-order chi connectivity index (χ1) is 8.17. The molecule has 5 nitrogen and oxygen atoms in total. The zero-order valence-corrected chi connectivity index (χ0v) is 10.7. The monoisotopic (exact) mass is 236 g/mol. The van der Waals surface area contributed by atoms with Gasteiger partial charge in [-0.15, -0.1) is 0 Å². The molecule has 1 aromatic heterocycles. The second-order valence-corrected chi connectivity index (χ2v) is 4.46. The topological polar surface area (TPSA) is 50.2 Å². The Labute approximate surface area is 102 Å². The van der Waals surface area contributed by atoms with E-state index >= 15 is 0 Å². The Bertz CT molecular complexity index is 413. The Balaban J connectivity index is 2.28. The van der Waals surface area contributed by atoms with Crippen molar-refractivity contribution in [2.75, 3.05) is 18.5 Å². The molecule has 1 aliphatic heterocycles. The second kappa shape index (κ2) is 4.87. The van der Waals surface area contributed by atoms with E-state index in [1.54, 1.807) is 4.68 Å². The highest BCUT2D eigenvalue weighted by Crippen LogP contribution is 2.24. The number of hydrogen-bond donors (Lipinski definition) is 1. The van der Waals surface area contributed by atoms with Crippen molar-refractivity contribution in [1.29, 1.82) is 0 Å². The van der Waals surface area contributed by atoms with Crippen molar-refractivity contribution in [2.24, 2.45) is 7.05 Å². The van der Waals surface area contributed by atoms with Crippen LogP contribution < -0.4 is 10.2 Å². The summed E-state index contributed by atoms with van der Waals surface area (Å²) < 4.78 is 1.78. The molecule has 0 bridgehead atoms. The number of nitrogens with one attached hydrogen (secondary N) is 1. The number of carbonyl (C=O) groups is 1. The highest BCUT2D eigenvalue weighted by atomic mass is 16.2. The number of anilines is 1. The average molecular weight is 236 g/mol. The minimum Gasteiger partial charge on any atom is -0.309 e. The molecule has 2 heterocycles. The molecule has 0 aliphatic carbocycles. The van der Waals surface area contributed by atoms with Crippen LogP contribution in [-0.4, -0.2) is 35.3 Å². The number of aryl methyl sites for hydroxylation is 2. The summed E-state index contributed by atoms with van der Waals surface area (Å²) in [5.74, 6) is 0.168. The predicted molar refractivity (Wildman–Crippen MR) is 67.0 cm³/mol. The number of carbonyl (C=O) groups excluding carboxylic acids is 1. The van der Waals surface area contributed by atoms with E-state index in [-0.39, 0.29) is 11.9 Å². The molecule has 1 unspecified atom stereocenters. The number of amides is 1. The smallest absolute Gasteiger partial charge is 0.244 e. The van der Waals surface area contributed by atoms with Crippen LogP contribution in [0.15, 0.2) is 6.20 Å². The molecule has 1 aliphatic rings. The van der Waals surface area contributed by atoms with Gasteiger partial charge in [0.05, 0.1) is 17.4 Å². The summed E-state index contributed by atoms with van der Waals surface area (Å²) in [6, 6.07) is -0.0475. The molecule has 1 atom stereocenters. The van der Waals surface area contributed by atoms with Crippen LogP contribution in [0.5, 0.6) is 0 Å². The quantitative estimate of drug-likeness (QED) is 0.840. The lowest BCUT2D eigenvalue weighted by atomic mass is 10.0. The van der Waals surface area contributed by atoms with Crippen molar-refractivity contribution in [3.63, 3.8) is 0 Å². The van der Waals surface area contributed by atoms with Gasteiger partial charge in [0.15, 0.2) is 0 Å². The van der Waals surface area contributed by atoms with Crippen LogP contribution in [-0.2, 0) is 18.3 Å².